The predicted octanol–water partition coefficient (Wildman–Crippen LogP) is 5.00. The molecule has 0 aliphatic carbocycles. The van der Waals surface area contributed by atoms with Crippen LogP contribution in [0.3, 0.4) is 0 Å². The number of pyridine rings is 1. The molecule has 3 aromatic rings. The van der Waals surface area contributed by atoms with E-state index in [2.05, 4.69) is 4.98 Å². The molecule has 96 valence electrons. The Morgan fingerprint density at radius 1 is 0.895 bits per heavy atom. The first-order chi connectivity index (χ1) is 9.04. The first kappa shape index (κ1) is 12.3. The molecule has 0 saturated carbocycles. The van der Waals surface area contributed by atoms with Gasteiger partial charge < -0.3 is 0 Å². The van der Waals surface area contributed by atoms with Gasteiger partial charge in [0.15, 0.2) is 0 Å². The van der Waals surface area contributed by atoms with Crippen LogP contribution in [0, 0.1) is 0 Å². The average Bonchev–Trinajstić information content (AvgIpc) is 2.37. The fraction of sp³-hybridized carbons (Fsp3) is 0.0714. The zero-order valence-electron chi connectivity index (χ0n) is 9.61. The molecule has 0 amide bonds. The molecule has 1 aromatic heterocycles. The zero-order chi connectivity index (χ0) is 13.5. The van der Waals surface area contributed by atoms with E-state index in [-0.39, 0.29) is 16.7 Å². The highest BCUT2D eigenvalue weighted by Gasteiger charge is 2.30. The van der Waals surface area contributed by atoms with Crippen molar-refractivity contribution in [3.8, 4) is 0 Å². The van der Waals surface area contributed by atoms with Crippen LogP contribution in [-0.2, 0) is 0 Å². The van der Waals surface area contributed by atoms with Crippen molar-refractivity contribution in [3.05, 3.63) is 48.7 Å². The summed E-state index contributed by atoms with van der Waals surface area (Å²) in [6, 6.07) is 12.2. The smallest absolute Gasteiger partial charge is 0.256 e. The van der Waals surface area contributed by atoms with E-state index >= 15 is 0 Å². The van der Waals surface area contributed by atoms with Crippen molar-refractivity contribution in [1.82, 2.24) is 4.98 Å². The Morgan fingerprint density at radius 3 is 2.42 bits per heavy atom. The number of nitrogens with zero attached hydrogens (tertiary/aromatic N) is 1. The Balaban J connectivity index is 2.36. The SMILES string of the molecule is FC(F)(F)Sc1cccc2ccc3cccnc3c12. The Bertz CT molecular complexity index is 752. The number of fused-ring (bicyclic) bond motifs is 3. The molecule has 0 radical (unpaired) electrons. The van der Waals surface area contributed by atoms with Crippen LogP contribution in [0.25, 0.3) is 21.7 Å². The van der Waals surface area contributed by atoms with E-state index in [9.17, 15) is 13.2 Å². The minimum Gasteiger partial charge on any atom is -0.256 e. The van der Waals surface area contributed by atoms with E-state index in [4.69, 9.17) is 0 Å². The number of hydrogen-bond donors (Lipinski definition) is 0. The van der Waals surface area contributed by atoms with Crippen molar-refractivity contribution in [2.75, 3.05) is 0 Å². The molecule has 19 heavy (non-hydrogen) atoms. The summed E-state index contributed by atoms with van der Waals surface area (Å²) < 4.78 is 37.8. The molecule has 5 heteroatoms. The third kappa shape index (κ3) is 2.38. The van der Waals surface area contributed by atoms with Crippen LogP contribution in [-0.4, -0.2) is 10.5 Å². The monoisotopic (exact) mass is 279 g/mol. The van der Waals surface area contributed by atoms with Gasteiger partial charge >= 0.3 is 5.51 Å². The molecule has 0 unspecified atom stereocenters. The van der Waals surface area contributed by atoms with Gasteiger partial charge in [-0.25, -0.2) is 0 Å². The van der Waals surface area contributed by atoms with Gasteiger partial charge in [-0.1, -0.05) is 30.3 Å². The second-order valence-corrected chi connectivity index (χ2v) is 5.15. The molecular formula is C14H8F3NS. The summed E-state index contributed by atoms with van der Waals surface area (Å²) >= 11 is -0.0949. The van der Waals surface area contributed by atoms with Gasteiger partial charge in [-0.05, 0) is 29.3 Å². The summed E-state index contributed by atoms with van der Waals surface area (Å²) in [6.07, 6.45) is 1.59. The van der Waals surface area contributed by atoms with Gasteiger partial charge in [0, 0.05) is 21.9 Å². The van der Waals surface area contributed by atoms with Crippen molar-refractivity contribution in [3.63, 3.8) is 0 Å². The average molecular weight is 279 g/mol. The van der Waals surface area contributed by atoms with Crippen molar-refractivity contribution in [1.29, 1.82) is 0 Å². The summed E-state index contributed by atoms with van der Waals surface area (Å²) in [5.41, 5.74) is -3.70. The third-order valence-electron chi connectivity index (χ3n) is 2.80. The van der Waals surface area contributed by atoms with Gasteiger partial charge in [0.25, 0.3) is 0 Å². The Hall–Kier alpha value is -1.75. The maximum Gasteiger partial charge on any atom is 0.446 e. The number of thioether (sulfide) groups is 1. The predicted molar refractivity (Wildman–Crippen MR) is 71.2 cm³/mol. The van der Waals surface area contributed by atoms with Crippen LogP contribution in [0.1, 0.15) is 0 Å². The maximum atomic E-state index is 12.6. The largest absolute Gasteiger partial charge is 0.446 e. The lowest BCUT2D eigenvalue weighted by Crippen LogP contribution is -1.99. The van der Waals surface area contributed by atoms with Crippen molar-refractivity contribution < 1.29 is 13.2 Å². The van der Waals surface area contributed by atoms with Crippen molar-refractivity contribution in [2.24, 2.45) is 0 Å². The molecule has 0 aliphatic heterocycles. The lowest BCUT2D eigenvalue weighted by Gasteiger charge is -2.10. The first-order valence-electron chi connectivity index (χ1n) is 5.57. The van der Waals surface area contributed by atoms with Gasteiger partial charge in [-0.2, -0.15) is 13.2 Å². The second-order valence-electron chi connectivity index (χ2n) is 4.04. The van der Waals surface area contributed by atoms with Gasteiger partial charge in [0.2, 0.25) is 0 Å². The topological polar surface area (TPSA) is 12.9 Å². The van der Waals surface area contributed by atoms with Crippen molar-refractivity contribution >= 4 is 33.4 Å². The van der Waals surface area contributed by atoms with Crippen LogP contribution in [0.4, 0.5) is 13.2 Å². The molecule has 0 saturated heterocycles. The normalized spacial score (nSPS) is 12.2. The molecule has 1 heterocycles. The van der Waals surface area contributed by atoms with E-state index in [1.54, 1.807) is 24.4 Å². The lowest BCUT2D eigenvalue weighted by molar-refractivity contribution is -0.0327. The van der Waals surface area contributed by atoms with E-state index in [0.29, 0.717) is 10.9 Å². The maximum absolute atomic E-state index is 12.6. The third-order valence-corrected chi connectivity index (χ3v) is 3.59. The number of alkyl halides is 3. The summed E-state index contributed by atoms with van der Waals surface area (Å²) in [5, 5.41) is 2.16. The molecule has 0 spiro atoms. The Labute approximate surface area is 111 Å². The quantitative estimate of drug-likeness (QED) is 0.459. The molecular weight excluding hydrogens is 271 g/mol. The highest BCUT2D eigenvalue weighted by atomic mass is 32.2. The minimum absolute atomic E-state index is 0.0949. The number of rotatable bonds is 1. The fourth-order valence-corrected chi connectivity index (χ4v) is 2.80. The Kier molecular flexibility index (Phi) is 2.86. The zero-order valence-corrected chi connectivity index (χ0v) is 10.4. The van der Waals surface area contributed by atoms with Crippen LogP contribution < -0.4 is 0 Å². The second kappa shape index (κ2) is 4.42. The van der Waals surface area contributed by atoms with E-state index in [1.807, 2.05) is 18.2 Å². The molecule has 0 fully saturated rings. The van der Waals surface area contributed by atoms with Crippen LogP contribution >= 0.6 is 11.8 Å². The Morgan fingerprint density at radius 2 is 1.63 bits per heavy atom. The van der Waals surface area contributed by atoms with E-state index in [0.717, 1.165) is 10.8 Å². The number of aromatic nitrogens is 1. The van der Waals surface area contributed by atoms with E-state index in [1.165, 1.54) is 6.07 Å². The van der Waals surface area contributed by atoms with Gasteiger partial charge in [0.1, 0.15) is 0 Å². The molecule has 0 N–H and O–H groups in total. The summed E-state index contributed by atoms with van der Waals surface area (Å²) in [6.45, 7) is 0. The number of halogens is 3. The fourth-order valence-electron chi connectivity index (χ4n) is 2.09. The van der Waals surface area contributed by atoms with Crippen molar-refractivity contribution in [2.45, 2.75) is 10.4 Å². The number of benzene rings is 2. The van der Waals surface area contributed by atoms with Gasteiger partial charge in [-0.3, -0.25) is 4.98 Å². The summed E-state index contributed by atoms with van der Waals surface area (Å²) in [5.74, 6) is 0. The van der Waals surface area contributed by atoms with Crippen LogP contribution in [0.15, 0.2) is 53.6 Å². The van der Waals surface area contributed by atoms with Crippen LogP contribution in [0.2, 0.25) is 0 Å². The van der Waals surface area contributed by atoms with Crippen LogP contribution in [0.5, 0.6) is 0 Å². The van der Waals surface area contributed by atoms with Gasteiger partial charge in [-0.15, -0.1) is 0 Å². The highest BCUT2D eigenvalue weighted by Crippen LogP contribution is 2.41. The molecule has 3 rings (SSSR count). The molecule has 0 atom stereocenters. The van der Waals surface area contributed by atoms with Gasteiger partial charge in [0.05, 0.1) is 5.52 Å². The molecule has 0 aliphatic rings. The minimum atomic E-state index is -4.30. The summed E-state index contributed by atoms with van der Waals surface area (Å²) in [7, 11) is 0. The molecule has 0 bridgehead atoms. The molecule has 1 nitrogen and oxygen atoms in total. The summed E-state index contributed by atoms with van der Waals surface area (Å²) in [4.78, 5) is 4.41. The first-order valence-corrected chi connectivity index (χ1v) is 6.38. The standard InChI is InChI=1S/C14H8F3NS/c15-14(16,17)19-11-5-1-3-9-6-7-10-4-2-8-18-13(10)12(9)11/h1-8H. The van der Waals surface area contributed by atoms with E-state index < -0.39 is 5.51 Å². The highest BCUT2D eigenvalue weighted by molar-refractivity contribution is 8.00. The number of hydrogen-bond acceptors (Lipinski definition) is 2. The molecule has 2 aromatic carbocycles. The lowest BCUT2D eigenvalue weighted by atomic mass is 10.1.